The number of ketones is 1. The fourth-order valence-electron chi connectivity index (χ4n) is 1.58. The normalized spacial score (nSPS) is 10.4. The van der Waals surface area contributed by atoms with Crippen LogP contribution < -0.4 is 10.1 Å². The molecule has 0 fully saturated rings. The lowest BCUT2D eigenvalue weighted by Crippen LogP contribution is -2.16. The highest BCUT2D eigenvalue weighted by molar-refractivity contribution is 5.78. The Morgan fingerprint density at radius 2 is 2.17 bits per heavy atom. The fraction of sp³-hybridized carbons (Fsp3) is 0.500. The average Bonchev–Trinajstić information content (AvgIpc) is 2.35. The molecule has 3 nitrogen and oxygen atoms in total. The van der Waals surface area contributed by atoms with E-state index in [0.29, 0.717) is 38.2 Å². The number of rotatable bonds is 8. The van der Waals surface area contributed by atoms with Gasteiger partial charge in [-0.15, -0.1) is 0 Å². The lowest BCUT2D eigenvalue weighted by atomic mass is 10.1. The smallest absolute Gasteiger partial charge is 0.132 e. The van der Waals surface area contributed by atoms with Gasteiger partial charge in [0.15, 0.2) is 0 Å². The molecule has 0 aliphatic heterocycles. The molecule has 100 valence electrons. The first-order valence-electron chi connectivity index (χ1n) is 6.24. The Hall–Kier alpha value is -1.42. The zero-order valence-corrected chi connectivity index (χ0v) is 11.0. The van der Waals surface area contributed by atoms with Gasteiger partial charge in [0.05, 0.1) is 0 Å². The maximum Gasteiger partial charge on any atom is 0.132 e. The Bertz CT molecular complexity index is 393. The van der Waals surface area contributed by atoms with Crippen LogP contribution in [0.1, 0.15) is 25.3 Å². The van der Waals surface area contributed by atoms with Crippen LogP contribution in [0.2, 0.25) is 0 Å². The van der Waals surface area contributed by atoms with Gasteiger partial charge in [-0.3, -0.25) is 4.79 Å². The van der Waals surface area contributed by atoms with Gasteiger partial charge >= 0.3 is 0 Å². The SMILES string of the molecule is CCC(=O)CCc1cc(F)cc(OCCNC)c1. The van der Waals surface area contributed by atoms with Crippen molar-refractivity contribution in [2.45, 2.75) is 26.2 Å². The van der Waals surface area contributed by atoms with Crippen LogP contribution in [0.15, 0.2) is 18.2 Å². The summed E-state index contributed by atoms with van der Waals surface area (Å²) < 4.78 is 18.8. The maximum atomic E-state index is 13.4. The largest absolute Gasteiger partial charge is 0.492 e. The Balaban J connectivity index is 2.59. The topological polar surface area (TPSA) is 38.3 Å². The molecule has 0 heterocycles. The summed E-state index contributed by atoms with van der Waals surface area (Å²) in [6.07, 6.45) is 1.55. The highest BCUT2D eigenvalue weighted by atomic mass is 19.1. The van der Waals surface area contributed by atoms with Crippen LogP contribution in [-0.2, 0) is 11.2 Å². The Morgan fingerprint density at radius 1 is 1.39 bits per heavy atom. The van der Waals surface area contributed by atoms with E-state index in [1.165, 1.54) is 12.1 Å². The van der Waals surface area contributed by atoms with Crippen molar-refractivity contribution in [3.05, 3.63) is 29.6 Å². The lowest BCUT2D eigenvalue weighted by molar-refractivity contribution is -0.118. The summed E-state index contributed by atoms with van der Waals surface area (Å²) in [6, 6.07) is 4.61. The molecule has 4 heteroatoms. The summed E-state index contributed by atoms with van der Waals surface area (Å²) >= 11 is 0. The Labute approximate surface area is 107 Å². The number of carbonyl (C=O) groups is 1. The molecule has 18 heavy (non-hydrogen) atoms. The molecular formula is C14H20FNO2. The number of benzene rings is 1. The van der Waals surface area contributed by atoms with Crippen LogP contribution in [0.4, 0.5) is 4.39 Å². The van der Waals surface area contributed by atoms with Crippen LogP contribution in [0, 0.1) is 5.82 Å². The molecule has 1 rings (SSSR count). The van der Waals surface area contributed by atoms with Gasteiger partial charge in [0, 0.05) is 25.5 Å². The number of carbonyl (C=O) groups excluding carboxylic acids is 1. The van der Waals surface area contributed by atoms with Gasteiger partial charge in [0.2, 0.25) is 0 Å². The summed E-state index contributed by atoms with van der Waals surface area (Å²) in [7, 11) is 1.83. The van der Waals surface area contributed by atoms with Crippen LogP contribution in [0.5, 0.6) is 5.75 Å². The van der Waals surface area contributed by atoms with E-state index in [4.69, 9.17) is 4.74 Å². The summed E-state index contributed by atoms with van der Waals surface area (Å²) in [4.78, 5) is 11.2. The highest BCUT2D eigenvalue weighted by Crippen LogP contribution is 2.17. The molecule has 0 aromatic heterocycles. The minimum atomic E-state index is -0.323. The van der Waals surface area contributed by atoms with Crippen LogP contribution in [0.3, 0.4) is 0 Å². The standard InChI is InChI=1S/C14H20FNO2/c1-3-13(17)5-4-11-8-12(15)10-14(9-11)18-7-6-16-2/h8-10,16H,3-7H2,1-2H3. The Morgan fingerprint density at radius 3 is 2.83 bits per heavy atom. The third-order valence-corrected chi connectivity index (χ3v) is 2.64. The number of hydrogen-bond donors (Lipinski definition) is 1. The van der Waals surface area contributed by atoms with Gasteiger partial charge in [0.25, 0.3) is 0 Å². The molecule has 0 unspecified atom stereocenters. The monoisotopic (exact) mass is 253 g/mol. The molecule has 0 atom stereocenters. The van der Waals surface area contributed by atoms with E-state index in [1.54, 1.807) is 6.07 Å². The van der Waals surface area contributed by atoms with Crippen molar-refractivity contribution >= 4 is 5.78 Å². The molecule has 0 saturated heterocycles. The lowest BCUT2D eigenvalue weighted by Gasteiger charge is -2.08. The van der Waals surface area contributed by atoms with Gasteiger partial charge in [0.1, 0.15) is 24.0 Å². The van der Waals surface area contributed by atoms with E-state index in [-0.39, 0.29) is 11.6 Å². The van der Waals surface area contributed by atoms with E-state index in [0.717, 1.165) is 5.56 Å². The fourth-order valence-corrected chi connectivity index (χ4v) is 1.58. The molecule has 1 aromatic rings. The zero-order chi connectivity index (χ0) is 13.4. The van der Waals surface area contributed by atoms with Crippen molar-refractivity contribution in [1.82, 2.24) is 5.32 Å². The number of ether oxygens (including phenoxy) is 1. The summed E-state index contributed by atoms with van der Waals surface area (Å²) in [6.45, 7) is 3.04. The van der Waals surface area contributed by atoms with Gasteiger partial charge in [-0.05, 0) is 31.2 Å². The van der Waals surface area contributed by atoms with Crippen molar-refractivity contribution < 1.29 is 13.9 Å². The van der Waals surface area contributed by atoms with Gasteiger partial charge < -0.3 is 10.1 Å². The molecule has 0 aliphatic carbocycles. The quantitative estimate of drug-likeness (QED) is 0.723. The second kappa shape index (κ2) is 7.82. The van der Waals surface area contributed by atoms with Crippen molar-refractivity contribution in [2.24, 2.45) is 0 Å². The molecule has 1 N–H and O–H groups in total. The Kier molecular flexibility index (Phi) is 6.36. The third-order valence-electron chi connectivity index (χ3n) is 2.64. The molecule has 0 amide bonds. The van der Waals surface area contributed by atoms with Crippen LogP contribution in [0.25, 0.3) is 0 Å². The van der Waals surface area contributed by atoms with Crippen molar-refractivity contribution in [1.29, 1.82) is 0 Å². The van der Waals surface area contributed by atoms with Gasteiger partial charge in [-0.25, -0.2) is 4.39 Å². The first kappa shape index (κ1) is 14.6. The van der Waals surface area contributed by atoms with Crippen LogP contribution >= 0.6 is 0 Å². The molecule has 0 spiro atoms. The van der Waals surface area contributed by atoms with Gasteiger partial charge in [-0.2, -0.15) is 0 Å². The number of likely N-dealkylation sites (N-methyl/N-ethyl adjacent to an activating group) is 1. The van der Waals surface area contributed by atoms with Crippen molar-refractivity contribution in [3.63, 3.8) is 0 Å². The predicted molar refractivity (Wildman–Crippen MR) is 69.4 cm³/mol. The minimum absolute atomic E-state index is 0.192. The summed E-state index contributed by atoms with van der Waals surface area (Å²) in [5.41, 5.74) is 0.802. The second-order valence-electron chi connectivity index (χ2n) is 4.14. The first-order chi connectivity index (χ1) is 8.65. The summed E-state index contributed by atoms with van der Waals surface area (Å²) in [5.74, 6) is 0.386. The van der Waals surface area contributed by atoms with E-state index in [1.807, 2.05) is 14.0 Å². The summed E-state index contributed by atoms with van der Waals surface area (Å²) in [5, 5.41) is 2.95. The maximum absolute atomic E-state index is 13.4. The number of halogens is 1. The zero-order valence-electron chi connectivity index (χ0n) is 11.0. The molecular weight excluding hydrogens is 233 g/mol. The van der Waals surface area contributed by atoms with E-state index < -0.39 is 0 Å². The number of nitrogens with one attached hydrogen (secondary N) is 1. The van der Waals surface area contributed by atoms with E-state index in [2.05, 4.69) is 5.32 Å². The average molecular weight is 253 g/mol. The van der Waals surface area contributed by atoms with Crippen LogP contribution in [-0.4, -0.2) is 26.0 Å². The second-order valence-corrected chi connectivity index (χ2v) is 4.14. The molecule has 1 aromatic carbocycles. The third kappa shape index (κ3) is 5.27. The minimum Gasteiger partial charge on any atom is -0.492 e. The number of Topliss-reactive ketones (excluding diaryl/α,β-unsaturated/α-hetero) is 1. The number of hydrogen-bond acceptors (Lipinski definition) is 3. The van der Waals surface area contributed by atoms with Crippen molar-refractivity contribution in [3.8, 4) is 5.75 Å². The molecule has 0 radical (unpaired) electrons. The van der Waals surface area contributed by atoms with E-state index in [9.17, 15) is 9.18 Å². The molecule has 0 saturated carbocycles. The van der Waals surface area contributed by atoms with E-state index >= 15 is 0 Å². The molecule has 0 bridgehead atoms. The molecule has 0 aliphatic rings. The van der Waals surface area contributed by atoms with Gasteiger partial charge in [-0.1, -0.05) is 6.92 Å². The van der Waals surface area contributed by atoms with Crippen molar-refractivity contribution in [2.75, 3.05) is 20.2 Å². The predicted octanol–water partition coefficient (Wildman–Crippen LogP) is 2.34. The number of aryl methyl sites for hydroxylation is 1. The first-order valence-corrected chi connectivity index (χ1v) is 6.24. The highest BCUT2D eigenvalue weighted by Gasteiger charge is 2.04.